The lowest BCUT2D eigenvalue weighted by Gasteiger charge is -2.07. The van der Waals surface area contributed by atoms with Crippen LogP contribution in [0.5, 0.6) is 0 Å². The molecule has 0 aliphatic heterocycles. The molecule has 0 amide bonds. The van der Waals surface area contributed by atoms with Crippen LogP contribution in [0, 0.1) is 6.92 Å². The number of nitrogens with zero attached hydrogens (tertiary/aromatic N) is 1. The molecule has 0 aromatic carbocycles. The van der Waals surface area contributed by atoms with Crippen LogP contribution in [0.3, 0.4) is 0 Å². The van der Waals surface area contributed by atoms with Crippen molar-refractivity contribution in [3.63, 3.8) is 0 Å². The minimum atomic E-state index is -0.936. The summed E-state index contributed by atoms with van der Waals surface area (Å²) in [6.45, 7) is 6.54. The summed E-state index contributed by atoms with van der Waals surface area (Å²) in [5.41, 5.74) is 0.789. The Morgan fingerprint density at radius 1 is 1.41 bits per heavy atom. The molecule has 17 heavy (non-hydrogen) atoms. The first-order valence-electron chi connectivity index (χ1n) is 5.80. The fourth-order valence-electron chi connectivity index (χ4n) is 1.49. The third-order valence-corrected chi connectivity index (χ3v) is 2.40. The second kappa shape index (κ2) is 6.85. The van der Waals surface area contributed by atoms with Gasteiger partial charge in [-0.25, -0.2) is 9.78 Å². The molecule has 5 heteroatoms. The average molecular weight is 237 g/mol. The fraction of sp³-hybridized carbons (Fsp3) is 0.500. The van der Waals surface area contributed by atoms with E-state index in [0.29, 0.717) is 5.69 Å². The molecule has 5 nitrogen and oxygen atoms in total. The molecule has 0 radical (unpaired) electrons. The highest BCUT2D eigenvalue weighted by Gasteiger charge is 2.07. The number of aromatic carboxylic acids is 1. The van der Waals surface area contributed by atoms with Gasteiger partial charge in [0.2, 0.25) is 0 Å². The van der Waals surface area contributed by atoms with Gasteiger partial charge in [-0.3, -0.25) is 0 Å². The molecule has 1 aromatic heterocycles. The fourth-order valence-corrected chi connectivity index (χ4v) is 1.49. The minimum Gasteiger partial charge on any atom is -0.478 e. The summed E-state index contributed by atoms with van der Waals surface area (Å²) >= 11 is 0. The number of hydrogen-bond acceptors (Lipinski definition) is 4. The van der Waals surface area contributed by atoms with Gasteiger partial charge in [-0.1, -0.05) is 6.92 Å². The predicted molar refractivity (Wildman–Crippen MR) is 67.6 cm³/mol. The van der Waals surface area contributed by atoms with Crippen molar-refractivity contribution < 1.29 is 9.90 Å². The molecule has 0 saturated carbocycles. The maximum absolute atomic E-state index is 10.8. The summed E-state index contributed by atoms with van der Waals surface area (Å²) in [6, 6.07) is 3.28. The second-order valence-corrected chi connectivity index (χ2v) is 3.77. The van der Waals surface area contributed by atoms with Gasteiger partial charge in [0.25, 0.3) is 0 Å². The van der Waals surface area contributed by atoms with Gasteiger partial charge in [0.1, 0.15) is 5.82 Å². The Balaban J connectivity index is 2.45. The van der Waals surface area contributed by atoms with E-state index in [1.807, 2.05) is 0 Å². The van der Waals surface area contributed by atoms with Crippen molar-refractivity contribution in [2.24, 2.45) is 0 Å². The molecule has 1 aromatic rings. The van der Waals surface area contributed by atoms with Gasteiger partial charge in [-0.2, -0.15) is 0 Å². The molecule has 0 saturated heterocycles. The lowest BCUT2D eigenvalue weighted by atomic mass is 10.2. The van der Waals surface area contributed by atoms with E-state index in [9.17, 15) is 4.79 Å². The Hall–Kier alpha value is -1.62. The van der Waals surface area contributed by atoms with E-state index in [4.69, 9.17) is 5.11 Å². The topological polar surface area (TPSA) is 74.2 Å². The Morgan fingerprint density at radius 3 is 2.76 bits per heavy atom. The van der Waals surface area contributed by atoms with E-state index in [1.165, 1.54) is 0 Å². The van der Waals surface area contributed by atoms with Gasteiger partial charge < -0.3 is 15.7 Å². The summed E-state index contributed by atoms with van der Waals surface area (Å²) in [6.07, 6.45) is 1.01. The van der Waals surface area contributed by atoms with Crippen molar-refractivity contribution in [1.82, 2.24) is 10.3 Å². The maximum atomic E-state index is 10.8. The lowest BCUT2D eigenvalue weighted by Crippen LogP contribution is -2.17. The van der Waals surface area contributed by atoms with Gasteiger partial charge in [0.15, 0.2) is 0 Å². The normalized spacial score (nSPS) is 10.2. The van der Waals surface area contributed by atoms with E-state index in [-0.39, 0.29) is 5.56 Å². The van der Waals surface area contributed by atoms with Crippen LogP contribution in [0.2, 0.25) is 0 Å². The zero-order valence-electron chi connectivity index (χ0n) is 10.3. The number of carboxylic acids is 1. The summed E-state index contributed by atoms with van der Waals surface area (Å²) in [7, 11) is 0. The number of aromatic nitrogens is 1. The van der Waals surface area contributed by atoms with E-state index in [2.05, 4.69) is 22.5 Å². The summed E-state index contributed by atoms with van der Waals surface area (Å²) in [5.74, 6) is -0.210. The van der Waals surface area contributed by atoms with Crippen molar-refractivity contribution in [3.8, 4) is 0 Å². The maximum Gasteiger partial charge on any atom is 0.337 e. The minimum absolute atomic E-state index is 0.253. The van der Waals surface area contributed by atoms with Gasteiger partial charge in [-0.05, 0) is 38.6 Å². The standard InChI is InChI=1S/C12H19N3O2/c1-3-13-7-4-8-14-11-6-5-10(12(16)17)9(2)15-11/h5-6,13H,3-4,7-8H2,1-2H3,(H,14,15)(H,16,17). The average Bonchev–Trinajstić information content (AvgIpc) is 2.28. The largest absolute Gasteiger partial charge is 0.478 e. The molecule has 1 rings (SSSR count). The van der Waals surface area contributed by atoms with Crippen molar-refractivity contribution in [2.45, 2.75) is 20.3 Å². The number of hydrogen-bond donors (Lipinski definition) is 3. The number of rotatable bonds is 7. The van der Waals surface area contributed by atoms with Crippen LogP contribution in [-0.2, 0) is 0 Å². The monoisotopic (exact) mass is 237 g/mol. The number of anilines is 1. The summed E-state index contributed by atoms with van der Waals surface area (Å²) in [5, 5.41) is 15.3. The zero-order chi connectivity index (χ0) is 12.7. The molecule has 0 aliphatic carbocycles. The molecule has 3 N–H and O–H groups in total. The van der Waals surface area contributed by atoms with Crippen LogP contribution >= 0.6 is 0 Å². The number of aryl methyl sites for hydroxylation is 1. The highest BCUT2D eigenvalue weighted by atomic mass is 16.4. The quantitative estimate of drug-likeness (QED) is 0.627. The van der Waals surface area contributed by atoms with Crippen LogP contribution in [-0.4, -0.2) is 35.7 Å². The number of pyridine rings is 1. The summed E-state index contributed by atoms with van der Waals surface area (Å²) in [4.78, 5) is 15.0. The summed E-state index contributed by atoms with van der Waals surface area (Å²) < 4.78 is 0. The molecular weight excluding hydrogens is 218 g/mol. The van der Waals surface area contributed by atoms with Crippen molar-refractivity contribution >= 4 is 11.8 Å². The van der Waals surface area contributed by atoms with Gasteiger partial charge in [0, 0.05) is 6.54 Å². The molecule has 0 unspecified atom stereocenters. The van der Waals surface area contributed by atoms with Crippen molar-refractivity contribution in [1.29, 1.82) is 0 Å². The van der Waals surface area contributed by atoms with Gasteiger partial charge >= 0.3 is 5.97 Å². The first-order chi connectivity index (χ1) is 8.15. The van der Waals surface area contributed by atoms with Crippen LogP contribution in [0.4, 0.5) is 5.82 Å². The van der Waals surface area contributed by atoms with Crippen LogP contribution in [0.25, 0.3) is 0 Å². The zero-order valence-corrected chi connectivity index (χ0v) is 10.3. The van der Waals surface area contributed by atoms with Crippen LogP contribution in [0.1, 0.15) is 29.4 Å². The van der Waals surface area contributed by atoms with Crippen molar-refractivity contribution in [3.05, 3.63) is 23.4 Å². The van der Waals surface area contributed by atoms with Crippen LogP contribution < -0.4 is 10.6 Å². The Labute approximate surface area is 101 Å². The Kier molecular flexibility index (Phi) is 5.42. The van der Waals surface area contributed by atoms with E-state index < -0.39 is 5.97 Å². The van der Waals surface area contributed by atoms with Crippen LogP contribution in [0.15, 0.2) is 12.1 Å². The number of carbonyl (C=O) groups is 1. The molecule has 1 heterocycles. The van der Waals surface area contributed by atoms with Gasteiger partial charge in [0.05, 0.1) is 11.3 Å². The lowest BCUT2D eigenvalue weighted by molar-refractivity contribution is 0.0695. The predicted octanol–water partition coefficient (Wildman–Crippen LogP) is 1.50. The van der Waals surface area contributed by atoms with Gasteiger partial charge in [-0.15, -0.1) is 0 Å². The Morgan fingerprint density at radius 2 is 2.18 bits per heavy atom. The number of nitrogens with one attached hydrogen (secondary N) is 2. The van der Waals surface area contributed by atoms with Crippen molar-refractivity contribution in [2.75, 3.05) is 25.0 Å². The highest BCUT2D eigenvalue weighted by Crippen LogP contribution is 2.10. The second-order valence-electron chi connectivity index (χ2n) is 3.77. The molecule has 0 bridgehead atoms. The van der Waals surface area contributed by atoms with E-state index in [0.717, 1.165) is 31.9 Å². The molecule has 0 spiro atoms. The highest BCUT2D eigenvalue weighted by molar-refractivity contribution is 5.89. The molecule has 0 fully saturated rings. The number of carboxylic acid groups (broad SMARTS) is 1. The first kappa shape index (κ1) is 13.4. The smallest absolute Gasteiger partial charge is 0.337 e. The molecule has 94 valence electrons. The van der Waals surface area contributed by atoms with E-state index in [1.54, 1.807) is 19.1 Å². The van der Waals surface area contributed by atoms with E-state index >= 15 is 0 Å². The molecule has 0 aliphatic rings. The molecule has 0 atom stereocenters. The SMILES string of the molecule is CCNCCCNc1ccc(C(=O)O)c(C)n1. The Bertz CT molecular complexity index is 380. The first-order valence-corrected chi connectivity index (χ1v) is 5.80. The molecular formula is C12H19N3O2. The third-order valence-electron chi connectivity index (χ3n) is 2.40. The third kappa shape index (κ3) is 4.40.